The minimum atomic E-state index is -0.553. The Kier molecular flexibility index (Phi) is 8.31. The fourth-order valence-corrected chi connectivity index (χ4v) is 3.97. The zero-order valence-electron chi connectivity index (χ0n) is 17.6. The average molecular weight is 491 g/mol. The van der Waals surface area contributed by atoms with Crippen LogP contribution in [0.15, 0.2) is 4.47 Å². The number of hydrogen-bond acceptors (Lipinski definition) is 7. The molecule has 2 N–H and O–H groups in total. The highest BCUT2D eigenvalue weighted by Gasteiger charge is 2.34. The molecular formula is C20H28BrFN2O6. The smallest absolute Gasteiger partial charge is 0.407 e. The molecule has 30 heavy (non-hydrogen) atoms. The number of rotatable bonds is 4. The van der Waals surface area contributed by atoms with Gasteiger partial charge in [0.25, 0.3) is 6.47 Å². The third-order valence-electron chi connectivity index (χ3n) is 4.58. The summed E-state index contributed by atoms with van der Waals surface area (Å²) in [6.07, 6.45) is 0.785. The van der Waals surface area contributed by atoms with Crippen molar-refractivity contribution in [2.75, 3.05) is 31.7 Å². The first-order valence-electron chi connectivity index (χ1n) is 9.60. The van der Waals surface area contributed by atoms with Crippen LogP contribution >= 0.6 is 15.9 Å². The van der Waals surface area contributed by atoms with E-state index in [1.807, 2.05) is 25.7 Å². The number of fused-ring (bicyclic) bond motifs is 1. The van der Waals surface area contributed by atoms with Crippen LogP contribution < -0.4 is 15.0 Å². The molecule has 2 aliphatic heterocycles. The molecule has 0 bridgehead atoms. The number of carbonyl (C=O) groups is 2. The highest BCUT2D eigenvalue weighted by Crippen LogP contribution is 2.46. The molecule has 1 aromatic carbocycles. The van der Waals surface area contributed by atoms with Crippen molar-refractivity contribution >= 4 is 34.2 Å². The first-order chi connectivity index (χ1) is 14.1. The lowest BCUT2D eigenvalue weighted by Crippen LogP contribution is -2.40. The van der Waals surface area contributed by atoms with Crippen molar-refractivity contribution in [3.05, 3.63) is 21.4 Å². The van der Waals surface area contributed by atoms with E-state index in [0.717, 1.165) is 6.42 Å². The molecule has 168 valence electrons. The van der Waals surface area contributed by atoms with Crippen molar-refractivity contribution in [1.82, 2.24) is 5.32 Å². The van der Waals surface area contributed by atoms with Crippen LogP contribution in [0.1, 0.15) is 38.3 Å². The van der Waals surface area contributed by atoms with E-state index in [2.05, 4.69) is 26.0 Å². The molecule has 2 heterocycles. The second kappa shape index (κ2) is 10.3. The minimum absolute atomic E-state index is 0.0859. The van der Waals surface area contributed by atoms with Gasteiger partial charge in [-0.1, -0.05) is 0 Å². The topological polar surface area (TPSA) is 97.3 Å². The monoisotopic (exact) mass is 490 g/mol. The lowest BCUT2D eigenvalue weighted by atomic mass is 10.0. The summed E-state index contributed by atoms with van der Waals surface area (Å²) in [5.74, 6) is 0.139. The Morgan fingerprint density at radius 1 is 1.47 bits per heavy atom. The Hall–Kier alpha value is -2.07. The zero-order chi connectivity index (χ0) is 22.5. The van der Waals surface area contributed by atoms with Crippen LogP contribution in [0, 0.1) is 5.82 Å². The lowest BCUT2D eigenvalue weighted by Gasteiger charge is -2.26. The summed E-state index contributed by atoms with van der Waals surface area (Å²) in [7, 11) is 1.31. The summed E-state index contributed by atoms with van der Waals surface area (Å²) in [5.41, 5.74) is 1.17. The number of carbonyl (C=O) groups excluding carboxylic acids is 2. The molecule has 1 unspecified atom stereocenters. The molecule has 0 aliphatic carbocycles. The van der Waals surface area contributed by atoms with E-state index in [4.69, 9.17) is 14.3 Å². The van der Waals surface area contributed by atoms with Gasteiger partial charge in [-0.25, -0.2) is 9.18 Å². The second-order valence-corrected chi connectivity index (χ2v) is 8.72. The van der Waals surface area contributed by atoms with Crippen molar-refractivity contribution in [3.63, 3.8) is 0 Å². The highest BCUT2D eigenvalue weighted by molar-refractivity contribution is 9.10. The summed E-state index contributed by atoms with van der Waals surface area (Å²) < 4.78 is 29.6. The molecule has 0 spiro atoms. The van der Waals surface area contributed by atoms with E-state index in [1.165, 1.54) is 7.11 Å². The van der Waals surface area contributed by atoms with Gasteiger partial charge in [0.15, 0.2) is 0 Å². The maximum absolute atomic E-state index is 14.5. The third kappa shape index (κ3) is 5.75. The summed E-state index contributed by atoms with van der Waals surface area (Å²) in [5, 5.41) is 12.7. The van der Waals surface area contributed by atoms with Crippen LogP contribution in [0.5, 0.6) is 5.75 Å². The number of aliphatic hydroxyl groups is 1. The molecule has 1 amide bonds. The van der Waals surface area contributed by atoms with Gasteiger partial charge in [0.2, 0.25) is 0 Å². The number of ether oxygens (including phenoxy) is 3. The summed E-state index contributed by atoms with van der Waals surface area (Å²) in [6, 6.07) is -0.0859. The van der Waals surface area contributed by atoms with E-state index < -0.39 is 11.7 Å². The number of aliphatic hydroxyl groups excluding tert-OH is 1. The Morgan fingerprint density at radius 2 is 2.13 bits per heavy atom. The number of benzene rings is 1. The Balaban J connectivity index is 0.000000735. The molecule has 0 saturated carbocycles. The molecule has 1 aromatic rings. The number of anilines is 1. The Labute approximate surface area is 183 Å². The van der Waals surface area contributed by atoms with Crippen LogP contribution in [-0.4, -0.2) is 56.1 Å². The molecular weight excluding hydrogens is 463 g/mol. The number of nitrogens with zero attached hydrogens (tertiary/aromatic N) is 1. The number of halogens is 2. The molecule has 8 nitrogen and oxygen atoms in total. The van der Waals surface area contributed by atoms with Gasteiger partial charge in [-0.05, 0) is 43.1 Å². The van der Waals surface area contributed by atoms with Crippen molar-refractivity contribution in [2.24, 2.45) is 0 Å². The molecule has 0 radical (unpaired) electrons. The van der Waals surface area contributed by atoms with Crippen LogP contribution in [-0.2, 0) is 27.3 Å². The SMILES string of the molecule is CC(C)(C)OC(=O)NC1CCN(c2c(CO)c(Br)c(F)c3c2OCC3)C1.COC=O. The fraction of sp³-hybridized carbons (Fsp3) is 0.600. The first kappa shape index (κ1) is 24.2. The Bertz CT molecular complexity index is 780. The molecule has 1 fully saturated rings. The normalized spacial score (nSPS) is 17.4. The number of amides is 1. The molecule has 3 rings (SSSR count). The van der Waals surface area contributed by atoms with Gasteiger partial charge in [0.1, 0.15) is 17.2 Å². The molecule has 1 saturated heterocycles. The van der Waals surface area contributed by atoms with Crippen molar-refractivity contribution in [2.45, 2.75) is 51.9 Å². The van der Waals surface area contributed by atoms with Gasteiger partial charge in [0, 0.05) is 30.6 Å². The first-order valence-corrected chi connectivity index (χ1v) is 10.4. The van der Waals surface area contributed by atoms with E-state index in [1.54, 1.807) is 0 Å². The number of hydrogen-bond donors (Lipinski definition) is 2. The van der Waals surface area contributed by atoms with Gasteiger partial charge in [-0.2, -0.15) is 0 Å². The number of methoxy groups -OCH3 is 1. The zero-order valence-corrected chi connectivity index (χ0v) is 19.2. The number of alkyl carbamates (subject to hydrolysis) is 1. The lowest BCUT2D eigenvalue weighted by molar-refractivity contribution is -0.126. The fourth-order valence-electron chi connectivity index (χ4n) is 3.42. The number of nitrogens with one attached hydrogen (secondary N) is 1. The maximum atomic E-state index is 14.5. The van der Waals surface area contributed by atoms with Gasteiger partial charge in [0.05, 0.1) is 36.5 Å². The Morgan fingerprint density at radius 3 is 2.70 bits per heavy atom. The minimum Gasteiger partial charge on any atom is -0.491 e. The molecule has 10 heteroatoms. The quantitative estimate of drug-likeness (QED) is 0.626. The maximum Gasteiger partial charge on any atom is 0.407 e. The van der Waals surface area contributed by atoms with Crippen LogP contribution in [0.25, 0.3) is 0 Å². The standard InChI is InChI=1S/C18H24BrFN2O4.C2H4O2/c1-18(2,3)26-17(24)21-10-4-6-22(8-10)15-12(9-23)13(19)14(20)11-5-7-25-16(11)15;1-4-2-3/h10,23H,4-9H2,1-3H3,(H,21,24);2H,1H3. The van der Waals surface area contributed by atoms with E-state index in [9.17, 15) is 14.3 Å². The van der Waals surface area contributed by atoms with Gasteiger partial charge >= 0.3 is 6.09 Å². The molecule has 0 aromatic heterocycles. The summed E-state index contributed by atoms with van der Waals surface area (Å²) in [4.78, 5) is 23.0. The van der Waals surface area contributed by atoms with E-state index >= 15 is 0 Å². The van der Waals surface area contributed by atoms with Crippen LogP contribution in [0.3, 0.4) is 0 Å². The summed E-state index contributed by atoms with van der Waals surface area (Å²) in [6.45, 7) is 7.16. The molecule has 1 atom stereocenters. The molecule has 2 aliphatic rings. The second-order valence-electron chi connectivity index (χ2n) is 7.93. The average Bonchev–Trinajstić information content (AvgIpc) is 3.33. The van der Waals surface area contributed by atoms with Crippen molar-refractivity contribution in [3.8, 4) is 5.75 Å². The largest absolute Gasteiger partial charge is 0.491 e. The van der Waals surface area contributed by atoms with E-state index in [0.29, 0.717) is 55.2 Å². The van der Waals surface area contributed by atoms with Gasteiger partial charge in [-0.3, -0.25) is 4.79 Å². The third-order valence-corrected chi connectivity index (χ3v) is 5.40. The van der Waals surface area contributed by atoms with Gasteiger partial charge < -0.3 is 29.5 Å². The van der Waals surface area contributed by atoms with Crippen LogP contribution in [0.4, 0.5) is 14.9 Å². The van der Waals surface area contributed by atoms with Crippen LogP contribution in [0.2, 0.25) is 0 Å². The van der Waals surface area contributed by atoms with Crippen molar-refractivity contribution < 1.29 is 33.3 Å². The summed E-state index contributed by atoms with van der Waals surface area (Å²) >= 11 is 3.27. The predicted octanol–water partition coefficient (Wildman–Crippen LogP) is 2.91. The van der Waals surface area contributed by atoms with Crippen molar-refractivity contribution in [1.29, 1.82) is 0 Å². The van der Waals surface area contributed by atoms with E-state index in [-0.39, 0.29) is 22.9 Å². The highest BCUT2D eigenvalue weighted by atomic mass is 79.9. The predicted molar refractivity (Wildman–Crippen MR) is 112 cm³/mol. The van der Waals surface area contributed by atoms with Gasteiger partial charge in [-0.15, -0.1) is 0 Å².